The van der Waals surface area contributed by atoms with Gasteiger partial charge in [0, 0.05) is 23.2 Å². The van der Waals surface area contributed by atoms with Crippen LogP contribution in [0.1, 0.15) is 18.2 Å². The second kappa shape index (κ2) is 5.80. The normalized spacial score (nSPS) is 10.6. The van der Waals surface area contributed by atoms with Gasteiger partial charge in [0.2, 0.25) is 0 Å². The third kappa shape index (κ3) is 3.28. The maximum absolute atomic E-state index is 9.42. The Morgan fingerprint density at radius 2 is 2.29 bits per heavy atom. The molecule has 90 valence electrons. The minimum absolute atomic E-state index is 0.281. The molecule has 0 bridgehead atoms. The molecule has 0 fully saturated rings. The Labute approximate surface area is 105 Å². The minimum Gasteiger partial charge on any atom is -0.508 e. The summed E-state index contributed by atoms with van der Waals surface area (Å²) in [6, 6.07) is 7.20. The lowest BCUT2D eigenvalue weighted by atomic mass is 10.2. The monoisotopic (exact) mass is 248 g/mol. The second-order valence-corrected chi connectivity index (χ2v) is 4.97. The molecule has 1 aromatic heterocycles. The molecule has 1 heterocycles. The van der Waals surface area contributed by atoms with Gasteiger partial charge in [0.25, 0.3) is 0 Å². The van der Waals surface area contributed by atoms with E-state index < -0.39 is 0 Å². The summed E-state index contributed by atoms with van der Waals surface area (Å²) in [5.41, 5.74) is 0.969. The molecule has 0 saturated heterocycles. The van der Waals surface area contributed by atoms with Crippen LogP contribution in [0.25, 0.3) is 10.6 Å². The third-order valence-corrected chi connectivity index (χ3v) is 3.42. The van der Waals surface area contributed by atoms with Crippen molar-refractivity contribution >= 4 is 11.3 Å². The Morgan fingerprint density at radius 3 is 3.06 bits per heavy atom. The highest BCUT2D eigenvalue weighted by Gasteiger charge is 2.04. The van der Waals surface area contributed by atoms with E-state index in [-0.39, 0.29) is 5.75 Å². The Hall–Kier alpha value is -1.39. The number of rotatable bonds is 5. The zero-order chi connectivity index (χ0) is 12.1. The predicted octanol–water partition coefficient (Wildman–Crippen LogP) is 3.02. The second-order valence-electron chi connectivity index (χ2n) is 3.86. The molecule has 0 saturated carbocycles. The number of benzene rings is 1. The fourth-order valence-corrected chi connectivity index (χ4v) is 2.43. The van der Waals surface area contributed by atoms with Crippen LogP contribution in [0.3, 0.4) is 0 Å². The van der Waals surface area contributed by atoms with Crippen molar-refractivity contribution in [1.82, 2.24) is 10.3 Å². The molecule has 0 amide bonds. The van der Waals surface area contributed by atoms with Crippen molar-refractivity contribution in [3.8, 4) is 16.3 Å². The first-order valence-corrected chi connectivity index (χ1v) is 6.56. The fourth-order valence-electron chi connectivity index (χ4n) is 1.55. The van der Waals surface area contributed by atoms with Crippen LogP contribution in [0.15, 0.2) is 30.5 Å². The lowest BCUT2D eigenvalue weighted by Gasteiger charge is -1.98. The van der Waals surface area contributed by atoms with Crippen LogP contribution in [0.2, 0.25) is 0 Å². The van der Waals surface area contributed by atoms with Crippen LogP contribution in [-0.2, 0) is 6.54 Å². The first-order chi connectivity index (χ1) is 8.29. The van der Waals surface area contributed by atoms with Crippen molar-refractivity contribution in [1.29, 1.82) is 0 Å². The summed E-state index contributed by atoms with van der Waals surface area (Å²) in [5, 5.41) is 13.7. The van der Waals surface area contributed by atoms with Crippen LogP contribution >= 0.6 is 11.3 Å². The van der Waals surface area contributed by atoms with Gasteiger partial charge in [0.15, 0.2) is 0 Å². The molecule has 4 heteroatoms. The number of phenolic OH excluding ortho intramolecular Hbond substituents is 1. The molecule has 0 aliphatic heterocycles. The number of thiazole rings is 1. The number of hydrogen-bond acceptors (Lipinski definition) is 4. The van der Waals surface area contributed by atoms with E-state index in [4.69, 9.17) is 0 Å². The molecule has 0 unspecified atom stereocenters. The van der Waals surface area contributed by atoms with Gasteiger partial charge >= 0.3 is 0 Å². The molecule has 0 aliphatic rings. The molecule has 0 aliphatic carbocycles. The summed E-state index contributed by atoms with van der Waals surface area (Å²) in [6.07, 6.45) is 3.03. The van der Waals surface area contributed by atoms with E-state index in [1.807, 2.05) is 18.3 Å². The van der Waals surface area contributed by atoms with E-state index in [1.165, 1.54) is 4.88 Å². The summed E-state index contributed by atoms with van der Waals surface area (Å²) in [5.74, 6) is 0.281. The molecule has 2 N–H and O–H groups in total. The molecule has 17 heavy (non-hydrogen) atoms. The molecule has 0 atom stereocenters. The van der Waals surface area contributed by atoms with Gasteiger partial charge in [-0.1, -0.05) is 19.1 Å². The van der Waals surface area contributed by atoms with E-state index in [9.17, 15) is 5.11 Å². The third-order valence-electron chi connectivity index (χ3n) is 2.37. The number of nitrogens with one attached hydrogen (secondary N) is 1. The predicted molar refractivity (Wildman–Crippen MR) is 71.2 cm³/mol. The number of nitrogens with zero attached hydrogens (tertiary/aromatic N) is 1. The molecule has 2 rings (SSSR count). The topological polar surface area (TPSA) is 45.2 Å². The molecule has 0 radical (unpaired) electrons. The number of aromatic nitrogens is 1. The first-order valence-electron chi connectivity index (χ1n) is 5.74. The minimum atomic E-state index is 0.281. The van der Waals surface area contributed by atoms with Gasteiger partial charge in [-0.15, -0.1) is 11.3 Å². The Balaban J connectivity index is 2.07. The van der Waals surface area contributed by atoms with Crippen LogP contribution < -0.4 is 5.32 Å². The van der Waals surface area contributed by atoms with Crippen LogP contribution in [0.4, 0.5) is 0 Å². The summed E-state index contributed by atoms with van der Waals surface area (Å²) >= 11 is 1.66. The SMILES string of the molecule is CCCNCc1cnc(-c2cccc(O)c2)s1. The first kappa shape index (κ1) is 12.1. The van der Waals surface area contributed by atoms with E-state index in [1.54, 1.807) is 23.5 Å². The highest BCUT2D eigenvalue weighted by Crippen LogP contribution is 2.27. The highest BCUT2D eigenvalue weighted by molar-refractivity contribution is 7.15. The lowest BCUT2D eigenvalue weighted by Crippen LogP contribution is -2.12. The Kier molecular flexibility index (Phi) is 4.12. The molecule has 1 aromatic carbocycles. The van der Waals surface area contributed by atoms with Gasteiger partial charge in [-0.3, -0.25) is 0 Å². The summed E-state index contributed by atoms with van der Waals surface area (Å²) in [7, 11) is 0. The quantitative estimate of drug-likeness (QED) is 0.799. The van der Waals surface area contributed by atoms with Gasteiger partial charge in [-0.25, -0.2) is 4.98 Å². The van der Waals surface area contributed by atoms with Gasteiger partial charge in [0.05, 0.1) is 0 Å². The van der Waals surface area contributed by atoms with Crippen molar-refractivity contribution < 1.29 is 5.11 Å². The maximum Gasteiger partial charge on any atom is 0.123 e. The number of aromatic hydroxyl groups is 1. The van der Waals surface area contributed by atoms with Gasteiger partial charge in [0.1, 0.15) is 10.8 Å². The molecule has 3 nitrogen and oxygen atoms in total. The van der Waals surface area contributed by atoms with E-state index >= 15 is 0 Å². The zero-order valence-corrected chi connectivity index (χ0v) is 10.6. The van der Waals surface area contributed by atoms with Crippen LogP contribution in [0.5, 0.6) is 5.75 Å². The van der Waals surface area contributed by atoms with E-state index in [2.05, 4.69) is 17.2 Å². The van der Waals surface area contributed by atoms with Crippen LogP contribution in [0, 0.1) is 0 Å². The standard InChI is InChI=1S/C13H16N2OS/c1-2-6-14-8-12-9-15-13(17-12)10-4-3-5-11(16)7-10/h3-5,7,9,14,16H,2,6,8H2,1H3. The lowest BCUT2D eigenvalue weighted by molar-refractivity contribution is 0.475. The molecular formula is C13H16N2OS. The van der Waals surface area contributed by atoms with Gasteiger partial charge in [-0.05, 0) is 25.1 Å². The highest BCUT2D eigenvalue weighted by atomic mass is 32.1. The van der Waals surface area contributed by atoms with Gasteiger partial charge < -0.3 is 10.4 Å². The van der Waals surface area contributed by atoms with Crippen molar-refractivity contribution in [3.05, 3.63) is 35.3 Å². The smallest absolute Gasteiger partial charge is 0.123 e. The maximum atomic E-state index is 9.42. The Morgan fingerprint density at radius 1 is 1.41 bits per heavy atom. The average Bonchev–Trinajstić information content (AvgIpc) is 2.78. The van der Waals surface area contributed by atoms with Crippen molar-refractivity contribution in [2.24, 2.45) is 0 Å². The molecule has 2 aromatic rings. The van der Waals surface area contributed by atoms with Gasteiger partial charge in [-0.2, -0.15) is 0 Å². The fraction of sp³-hybridized carbons (Fsp3) is 0.308. The number of hydrogen-bond donors (Lipinski definition) is 2. The summed E-state index contributed by atoms with van der Waals surface area (Å²) in [4.78, 5) is 5.59. The molecular weight excluding hydrogens is 232 g/mol. The van der Waals surface area contributed by atoms with Crippen LogP contribution in [-0.4, -0.2) is 16.6 Å². The summed E-state index contributed by atoms with van der Waals surface area (Å²) in [6.45, 7) is 4.04. The zero-order valence-electron chi connectivity index (χ0n) is 9.81. The van der Waals surface area contributed by atoms with Crippen molar-refractivity contribution in [2.75, 3.05) is 6.54 Å². The van der Waals surface area contributed by atoms with Crippen molar-refractivity contribution in [3.63, 3.8) is 0 Å². The van der Waals surface area contributed by atoms with E-state index in [0.29, 0.717) is 0 Å². The largest absolute Gasteiger partial charge is 0.508 e. The average molecular weight is 248 g/mol. The summed E-state index contributed by atoms with van der Waals surface area (Å²) < 4.78 is 0. The van der Waals surface area contributed by atoms with E-state index in [0.717, 1.165) is 30.1 Å². The number of phenols is 1. The molecule has 0 spiro atoms. The van der Waals surface area contributed by atoms with Crippen molar-refractivity contribution in [2.45, 2.75) is 19.9 Å². The Bertz CT molecular complexity index is 482.